The molecular weight excluding hydrogens is 1000 g/mol. The highest BCUT2D eigenvalue weighted by atomic mass is 35.5. The van der Waals surface area contributed by atoms with Crippen LogP contribution >= 0.6 is 45.9 Å². The van der Waals surface area contributed by atoms with E-state index in [1.165, 1.54) is 59.1 Å². The van der Waals surface area contributed by atoms with E-state index in [9.17, 15) is 52.0 Å². The number of alkyl halides is 6. The number of nitrogens with zero attached hydrogens (tertiary/aromatic N) is 6. The van der Waals surface area contributed by atoms with Gasteiger partial charge >= 0.3 is 12.4 Å². The molecule has 0 amide bonds. The highest BCUT2D eigenvalue weighted by Gasteiger charge is 2.41. The first kappa shape index (κ1) is 49.5. The molecule has 8 rings (SSSR count). The molecule has 0 spiro atoms. The molecule has 352 valence electrons. The van der Waals surface area contributed by atoms with Gasteiger partial charge in [0.05, 0.1) is 37.3 Å². The molecule has 2 aliphatic heterocycles. The van der Waals surface area contributed by atoms with Gasteiger partial charge in [-0.15, -0.1) is 22.7 Å². The summed E-state index contributed by atoms with van der Waals surface area (Å²) in [6, 6.07) is 17.1. The van der Waals surface area contributed by atoms with Crippen LogP contribution in [-0.4, -0.2) is 87.8 Å². The predicted octanol–water partition coefficient (Wildman–Crippen LogP) is 10.1. The number of hydrogen-bond acceptors (Lipinski definition) is 10. The van der Waals surface area contributed by atoms with Crippen molar-refractivity contribution in [3.05, 3.63) is 151 Å². The average Bonchev–Trinajstić information content (AvgIpc) is 3.94. The fraction of sp³-hybridized carbons (Fsp3) is 0.286. The maximum atomic E-state index is 13.5. The first-order valence-corrected chi connectivity index (χ1v) is 25.1. The lowest BCUT2D eigenvalue weighted by Crippen LogP contribution is -2.49. The Morgan fingerprint density at radius 1 is 0.561 bits per heavy atom. The molecule has 0 radical (unpaired) electrons. The molecule has 6 aromatic rings. The zero-order valence-corrected chi connectivity index (χ0v) is 38.8. The van der Waals surface area contributed by atoms with Gasteiger partial charge in [-0.05, 0) is 65.7 Å². The molecule has 0 saturated carbocycles. The summed E-state index contributed by atoms with van der Waals surface area (Å²) in [4.78, 5) is 11.4. The Morgan fingerprint density at radius 3 is 1.42 bits per heavy atom. The molecule has 2 fully saturated rings. The third kappa shape index (κ3) is 11.6. The molecule has 4 heterocycles. The topological polar surface area (TPSA) is 107 Å². The highest BCUT2D eigenvalue weighted by molar-refractivity contribution is 7.89. The fourth-order valence-corrected chi connectivity index (χ4v) is 12.7. The summed E-state index contributed by atoms with van der Waals surface area (Å²) in [5.74, 6) is -0.928. The van der Waals surface area contributed by atoms with Crippen LogP contribution in [0.3, 0.4) is 0 Å². The maximum Gasteiger partial charge on any atom is 0.417 e. The third-order valence-electron chi connectivity index (χ3n) is 10.4. The first-order chi connectivity index (χ1) is 31.1. The van der Waals surface area contributed by atoms with Gasteiger partial charge in [-0.1, -0.05) is 53.5 Å². The monoisotopic (exact) mass is 1040 g/mol. The molecule has 0 N–H and O–H groups in total. The number of hydrogen-bond donors (Lipinski definition) is 0. The standard InChI is InChI=1S/2C21H18ClF4N3O2S2/c22-15-9-14(10-16(23)12-15)11-17-13-32-20(27-17)28-5-7-29(8-6-28)33(30,31)19-4-2-1-3-18(19)21(24,25)26;22-17-12-14(5-6-18(17)23)11-15-13-32-20(27-15)28-7-9-29(10-8-28)33(30,31)19-4-2-1-3-16(19)21(24,25)26/h1-4,9-10,12-13H,5-8,11H2;1-6,12-13H,7-11H2. The predicted molar refractivity (Wildman–Crippen MR) is 237 cm³/mol. The third-order valence-corrected chi connectivity index (χ3v) is 16.7. The summed E-state index contributed by atoms with van der Waals surface area (Å²) in [6.45, 7) is 1.30. The number of anilines is 2. The molecule has 0 unspecified atom stereocenters. The first-order valence-electron chi connectivity index (χ1n) is 19.7. The summed E-state index contributed by atoms with van der Waals surface area (Å²) in [7, 11) is -8.60. The molecule has 0 bridgehead atoms. The molecule has 2 aromatic heterocycles. The van der Waals surface area contributed by atoms with Crippen molar-refractivity contribution in [1.82, 2.24) is 18.6 Å². The molecule has 66 heavy (non-hydrogen) atoms. The smallest absolute Gasteiger partial charge is 0.345 e. The summed E-state index contributed by atoms with van der Waals surface area (Å²) in [5.41, 5.74) is 0.610. The quantitative estimate of drug-likeness (QED) is 0.125. The van der Waals surface area contributed by atoms with Gasteiger partial charge in [0.15, 0.2) is 10.3 Å². The van der Waals surface area contributed by atoms with E-state index in [0.29, 0.717) is 52.5 Å². The van der Waals surface area contributed by atoms with Gasteiger partial charge in [-0.2, -0.15) is 35.0 Å². The van der Waals surface area contributed by atoms with Crippen LogP contribution in [-0.2, 0) is 45.2 Å². The molecule has 10 nitrogen and oxygen atoms in total. The average molecular weight is 1040 g/mol. The molecule has 24 heteroatoms. The lowest BCUT2D eigenvalue weighted by atomic mass is 10.1. The Hall–Kier alpha value is -4.42. The van der Waals surface area contributed by atoms with Crippen molar-refractivity contribution >= 4 is 76.2 Å². The van der Waals surface area contributed by atoms with Crippen molar-refractivity contribution in [2.45, 2.75) is 35.0 Å². The van der Waals surface area contributed by atoms with E-state index < -0.39 is 65.0 Å². The van der Waals surface area contributed by atoms with Crippen molar-refractivity contribution < 1.29 is 52.0 Å². The number of rotatable bonds is 10. The van der Waals surface area contributed by atoms with Crippen LogP contribution in [0, 0.1) is 11.6 Å². The van der Waals surface area contributed by atoms with Gasteiger partial charge in [-0.25, -0.2) is 35.6 Å². The van der Waals surface area contributed by atoms with E-state index in [-0.39, 0.29) is 44.3 Å². The Labute approximate surface area is 392 Å². The van der Waals surface area contributed by atoms with Crippen molar-refractivity contribution in [3.63, 3.8) is 0 Å². The zero-order chi connectivity index (χ0) is 47.6. The number of aromatic nitrogens is 2. The SMILES string of the molecule is O=S(=O)(c1ccccc1C(F)(F)F)N1CCN(c2nc(Cc3cc(F)cc(Cl)c3)cs2)CC1.O=S(=O)(c1ccccc1C(F)(F)F)N1CCN(c2nc(Cc3ccc(F)c(Cl)c3)cs2)CC1. The number of sulfonamides is 2. The van der Waals surface area contributed by atoms with Gasteiger partial charge in [0, 0.05) is 81.0 Å². The lowest BCUT2D eigenvalue weighted by molar-refractivity contribution is -0.140. The Morgan fingerprint density at radius 2 is 1.00 bits per heavy atom. The van der Waals surface area contributed by atoms with E-state index in [1.807, 2.05) is 20.6 Å². The van der Waals surface area contributed by atoms with Gasteiger partial charge in [0.25, 0.3) is 0 Å². The number of thiazole rings is 2. The van der Waals surface area contributed by atoms with Crippen LogP contribution in [0.15, 0.2) is 105 Å². The van der Waals surface area contributed by atoms with Gasteiger partial charge in [0.1, 0.15) is 11.6 Å². The minimum absolute atomic E-state index is 0.0307. The minimum atomic E-state index is -4.77. The summed E-state index contributed by atoms with van der Waals surface area (Å²) < 4.78 is 161. The molecular formula is C42H36Cl2F8N6O4S4. The van der Waals surface area contributed by atoms with Crippen molar-refractivity contribution in [2.75, 3.05) is 62.2 Å². The van der Waals surface area contributed by atoms with Crippen LogP contribution in [0.2, 0.25) is 10.0 Å². The summed E-state index contributed by atoms with van der Waals surface area (Å²) >= 11 is 14.5. The van der Waals surface area contributed by atoms with Crippen LogP contribution in [0.1, 0.15) is 33.6 Å². The van der Waals surface area contributed by atoms with Crippen LogP contribution < -0.4 is 9.80 Å². The maximum absolute atomic E-state index is 13.5. The number of halogens is 10. The second-order valence-electron chi connectivity index (χ2n) is 14.9. The molecule has 2 aliphatic rings. The highest BCUT2D eigenvalue weighted by Crippen LogP contribution is 2.37. The second kappa shape index (κ2) is 20.0. The van der Waals surface area contributed by atoms with Crippen molar-refractivity contribution in [2.24, 2.45) is 0 Å². The fourth-order valence-electron chi connectivity index (χ4n) is 7.20. The van der Waals surface area contributed by atoms with E-state index >= 15 is 0 Å². The van der Waals surface area contributed by atoms with Gasteiger partial charge in [0.2, 0.25) is 20.0 Å². The van der Waals surface area contributed by atoms with Gasteiger partial charge in [-0.3, -0.25) is 0 Å². The Balaban J connectivity index is 0.000000196. The number of benzene rings is 4. The van der Waals surface area contributed by atoms with E-state index in [4.69, 9.17) is 23.2 Å². The normalized spacial score (nSPS) is 15.7. The van der Waals surface area contributed by atoms with Crippen LogP contribution in [0.5, 0.6) is 0 Å². The molecule has 0 atom stereocenters. The van der Waals surface area contributed by atoms with Crippen molar-refractivity contribution in [1.29, 1.82) is 0 Å². The minimum Gasteiger partial charge on any atom is -0.345 e. The summed E-state index contributed by atoms with van der Waals surface area (Å²) in [6.07, 6.45) is -8.69. The number of piperazine rings is 2. The molecule has 2 saturated heterocycles. The van der Waals surface area contributed by atoms with Gasteiger partial charge < -0.3 is 9.80 Å². The Bertz CT molecular complexity index is 2880. The van der Waals surface area contributed by atoms with Crippen LogP contribution in [0.25, 0.3) is 0 Å². The lowest BCUT2D eigenvalue weighted by Gasteiger charge is -2.34. The van der Waals surface area contributed by atoms with Crippen molar-refractivity contribution in [3.8, 4) is 0 Å². The molecule has 4 aromatic carbocycles. The largest absolute Gasteiger partial charge is 0.417 e. The van der Waals surface area contributed by atoms with E-state index in [1.54, 1.807) is 18.2 Å². The second-order valence-corrected chi connectivity index (χ2v) is 21.2. The zero-order valence-electron chi connectivity index (χ0n) is 34.0. The summed E-state index contributed by atoms with van der Waals surface area (Å²) in [5, 5.41) is 5.37. The van der Waals surface area contributed by atoms with Crippen LogP contribution in [0.4, 0.5) is 45.4 Å². The van der Waals surface area contributed by atoms with E-state index in [2.05, 4.69) is 9.97 Å². The molecule has 0 aliphatic carbocycles. The Kier molecular flexibility index (Phi) is 15.0. The van der Waals surface area contributed by atoms with E-state index in [0.717, 1.165) is 50.2 Å².